The second-order valence-corrected chi connectivity index (χ2v) is 5.84. The minimum absolute atomic E-state index is 0.264. The highest BCUT2D eigenvalue weighted by Crippen LogP contribution is 2.28. The number of rotatable bonds is 4. The second kappa shape index (κ2) is 6.55. The van der Waals surface area contributed by atoms with Crippen molar-refractivity contribution in [1.82, 2.24) is 0 Å². The normalized spacial score (nSPS) is 19.5. The van der Waals surface area contributed by atoms with Crippen molar-refractivity contribution in [3.63, 3.8) is 0 Å². The smallest absolute Gasteiger partial charge is 0.105 e. The number of halogens is 1. The molecule has 0 spiro atoms. The van der Waals surface area contributed by atoms with E-state index in [1.165, 1.54) is 6.42 Å². The van der Waals surface area contributed by atoms with E-state index in [0.717, 1.165) is 37.2 Å². The van der Waals surface area contributed by atoms with Gasteiger partial charge in [-0.2, -0.15) is 0 Å². The molecule has 0 radical (unpaired) electrons. The van der Waals surface area contributed by atoms with Crippen molar-refractivity contribution in [2.75, 3.05) is 24.6 Å². The summed E-state index contributed by atoms with van der Waals surface area (Å²) < 4.78 is 0. The van der Waals surface area contributed by atoms with Crippen LogP contribution in [0.15, 0.2) is 18.2 Å². The Hall–Kier alpha value is -0.840. The van der Waals surface area contributed by atoms with Gasteiger partial charge in [0.15, 0.2) is 0 Å². The van der Waals surface area contributed by atoms with Crippen molar-refractivity contribution in [3.05, 3.63) is 28.8 Å². The Morgan fingerprint density at radius 1 is 1.53 bits per heavy atom. The third kappa shape index (κ3) is 3.59. The van der Waals surface area contributed by atoms with E-state index < -0.39 is 0 Å². The highest BCUT2D eigenvalue weighted by Gasteiger charge is 2.20. The van der Waals surface area contributed by atoms with Crippen LogP contribution in [0.2, 0.25) is 5.02 Å². The molecule has 1 aliphatic rings. The number of nitrogens with two attached hydrogens (primary N) is 1. The highest BCUT2D eigenvalue weighted by atomic mass is 35.5. The van der Waals surface area contributed by atoms with Crippen molar-refractivity contribution in [1.29, 1.82) is 0 Å². The number of thiocarbonyl (C=S) groups is 1. The van der Waals surface area contributed by atoms with Gasteiger partial charge in [-0.15, -0.1) is 0 Å². The Morgan fingerprint density at radius 2 is 2.32 bits per heavy atom. The van der Waals surface area contributed by atoms with Crippen molar-refractivity contribution >= 4 is 34.5 Å². The van der Waals surface area contributed by atoms with E-state index in [-0.39, 0.29) is 6.61 Å². The molecule has 3 nitrogen and oxygen atoms in total. The molecular weight excluding hydrogens is 280 g/mol. The summed E-state index contributed by atoms with van der Waals surface area (Å²) in [5, 5.41) is 9.65. The van der Waals surface area contributed by atoms with E-state index in [1.54, 1.807) is 0 Å². The summed E-state index contributed by atoms with van der Waals surface area (Å²) in [6, 6.07) is 5.83. The predicted octanol–water partition coefficient (Wildman–Crippen LogP) is 2.57. The highest BCUT2D eigenvalue weighted by molar-refractivity contribution is 7.80. The summed E-state index contributed by atoms with van der Waals surface area (Å²) in [4.78, 5) is 2.65. The average molecular weight is 299 g/mol. The zero-order valence-corrected chi connectivity index (χ0v) is 12.4. The summed E-state index contributed by atoms with van der Waals surface area (Å²) in [5.41, 5.74) is 7.44. The predicted molar refractivity (Wildman–Crippen MR) is 84.0 cm³/mol. The average Bonchev–Trinajstić information content (AvgIpc) is 2.39. The molecule has 19 heavy (non-hydrogen) atoms. The van der Waals surface area contributed by atoms with Gasteiger partial charge in [-0.3, -0.25) is 0 Å². The zero-order valence-electron chi connectivity index (χ0n) is 10.8. The molecule has 104 valence electrons. The minimum atomic E-state index is 0.264. The zero-order chi connectivity index (χ0) is 13.8. The number of aliphatic hydroxyl groups is 1. The Labute approximate surface area is 124 Å². The third-order valence-corrected chi connectivity index (χ3v) is 4.17. The molecule has 5 heteroatoms. The van der Waals surface area contributed by atoms with E-state index in [1.807, 2.05) is 18.2 Å². The number of aliphatic hydroxyl groups excluding tert-OH is 1. The summed E-state index contributed by atoms with van der Waals surface area (Å²) in [6.45, 7) is 2.27. The fourth-order valence-electron chi connectivity index (χ4n) is 2.62. The lowest BCUT2D eigenvalue weighted by atomic mass is 9.94. The molecule has 1 fully saturated rings. The Bertz CT molecular complexity index is 465. The van der Waals surface area contributed by atoms with Gasteiger partial charge in [0.05, 0.1) is 5.02 Å². The van der Waals surface area contributed by atoms with Crippen molar-refractivity contribution in [2.45, 2.75) is 19.3 Å². The van der Waals surface area contributed by atoms with E-state index in [9.17, 15) is 0 Å². The molecule has 3 N–H and O–H groups in total. The van der Waals surface area contributed by atoms with Gasteiger partial charge in [-0.25, -0.2) is 0 Å². The fourth-order valence-corrected chi connectivity index (χ4v) is 3.13. The lowest BCUT2D eigenvalue weighted by molar-refractivity contribution is 0.244. The van der Waals surface area contributed by atoms with Crippen molar-refractivity contribution in [3.8, 4) is 0 Å². The van der Waals surface area contributed by atoms with Crippen LogP contribution in [-0.2, 0) is 0 Å². The van der Waals surface area contributed by atoms with Gasteiger partial charge < -0.3 is 15.7 Å². The fraction of sp³-hybridized carbons (Fsp3) is 0.500. The summed E-state index contributed by atoms with van der Waals surface area (Å²) >= 11 is 11.2. The maximum Gasteiger partial charge on any atom is 0.105 e. The largest absolute Gasteiger partial charge is 0.396 e. The molecule has 1 aromatic carbocycles. The number of anilines is 1. The van der Waals surface area contributed by atoms with Gasteiger partial charge >= 0.3 is 0 Å². The molecular formula is C14H19ClN2OS. The lowest BCUT2D eigenvalue weighted by Gasteiger charge is -2.34. The first-order valence-corrected chi connectivity index (χ1v) is 7.35. The van der Waals surface area contributed by atoms with Gasteiger partial charge in [0.2, 0.25) is 0 Å². The third-order valence-electron chi connectivity index (χ3n) is 3.64. The van der Waals surface area contributed by atoms with E-state index >= 15 is 0 Å². The molecule has 1 aromatic rings. The van der Waals surface area contributed by atoms with E-state index in [4.69, 9.17) is 34.7 Å². The van der Waals surface area contributed by atoms with Crippen LogP contribution in [0.5, 0.6) is 0 Å². The molecule has 1 aliphatic heterocycles. The molecule has 2 rings (SSSR count). The topological polar surface area (TPSA) is 49.5 Å². The number of piperidine rings is 1. The van der Waals surface area contributed by atoms with Crippen LogP contribution in [0.3, 0.4) is 0 Å². The van der Waals surface area contributed by atoms with Gasteiger partial charge in [-0.05, 0) is 43.4 Å². The van der Waals surface area contributed by atoms with Crippen LogP contribution in [0.25, 0.3) is 0 Å². The summed E-state index contributed by atoms with van der Waals surface area (Å²) in [6.07, 6.45) is 3.21. The van der Waals surface area contributed by atoms with Gasteiger partial charge in [0.25, 0.3) is 0 Å². The second-order valence-electron chi connectivity index (χ2n) is 4.99. The van der Waals surface area contributed by atoms with Gasteiger partial charge in [0, 0.05) is 30.9 Å². The molecule has 1 atom stereocenters. The first-order valence-electron chi connectivity index (χ1n) is 6.57. The minimum Gasteiger partial charge on any atom is -0.396 e. The van der Waals surface area contributed by atoms with Gasteiger partial charge in [0.1, 0.15) is 4.99 Å². The quantitative estimate of drug-likeness (QED) is 0.839. The van der Waals surface area contributed by atoms with E-state index in [0.29, 0.717) is 15.9 Å². The first-order chi connectivity index (χ1) is 9.11. The number of nitrogens with zero attached hydrogens (tertiary/aromatic N) is 1. The molecule has 1 heterocycles. The van der Waals surface area contributed by atoms with Gasteiger partial charge in [-0.1, -0.05) is 23.8 Å². The number of hydrogen-bond donors (Lipinski definition) is 2. The van der Waals surface area contributed by atoms with Crippen LogP contribution in [0.4, 0.5) is 5.69 Å². The molecule has 1 saturated heterocycles. The standard InChI is InChI=1S/C14H19ClN2OS/c15-13-8-11(3-4-12(13)14(16)19)17-6-1-2-10(9-17)5-7-18/h3-4,8,10,18H,1-2,5-7,9H2,(H2,16,19). The van der Waals surface area contributed by atoms with Crippen LogP contribution >= 0.6 is 23.8 Å². The van der Waals surface area contributed by atoms with Crippen LogP contribution in [-0.4, -0.2) is 29.8 Å². The van der Waals surface area contributed by atoms with Crippen molar-refractivity contribution in [2.24, 2.45) is 11.7 Å². The number of hydrogen-bond acceptors (Lipinski definition) is 3. The molecule has 0 amide bonds. The first kappa shape index (κ1) is 14.6. The Balaban J connectivity index is 2.13. The lowest BCUT2D eigenvalue weighted by Crippen LogP contribution is -2.35. The number of benzene rings is 1. The molecule has 0 aromatic heterocycles. The molecule has 0 aliphatic carbocycles. The van der Waals surface area contributed by atoms with Crippen molar-refractivity contribution < 1.29 is 5.11 Å². The molecule has 1 unspecified atom stereocenters. The molecule has 0 bridgehead atoms. The monoisotopic (exact) mass is 298 g/mol. The SMILES string of the molecule is NC(=S)c1ccc(N2CCCC(CCO)C2)cc1Cl. The Kier molecular flexibility index (Phi) is 5.02. The van der Waals surface area contributed by atoms with Crippen LogP contribution < -0.4 is 10.6 Å². The maximum atomic E-state index is 9.05. The Morgan fingerprint density at radius 3 is 2.95 bits per heavy atom. The summed E-state index contributed by atoms with van der Waals surface area (Å²) in [7, 11) is 0. The molecule has 0 saturated carbocycles. The van der Waals surface area contributed by atoms with E-state index in [2.05, 4.69) is 4.90 Å². The maximum absolute atomic E-state index is 9.05. The van der Waals surface area contributed by atoms with Crippen LogP contribution in [0.1, 0.15) is 24.8 Å². The van der Waals surface area contributed by atoms with Crippen LogP contribution in [0, 0.1) is 5.92 Å². The summed E-state index contributed by atoms with van der Waals surface area (Å²) in [5.74, 6) is 0.563.